The normalized spacial score (nSPS) is 13.2. The first kappa shape index (κ1) is 5.90. The summed E-state index contributed by atoms with van der Waals surface area (Å²) >= 11 is 5.47. The minimum Gasteiger partial charge on any atom is -0.376 e. The first-order valence-corrected chi connectivity index (χ1v) is 6.04. The lowest BCUT2D eigenvalue weighted by molar-refractivity contribution is 1.17. The Labute approximate surface area is 45.3 Å². The highest BCUT2D eigenvalue weighted by Crippen LogP contribution is 1.66. The van der Waals surface area contributed by atoms with Gasteiger partial charge in [0.2, 0.25) is 0 Å². The lowest BCUT2D eigenvalue weighted by Crippen LogP contribution is -2.15. The lowest BCUT2D eigenvalue weighted by atomic mass is 13.8. The molecule has 0 heterocycles. The highest BCUT2D eigenvalue weighted by molar-refractivity contribution is 6.95. The van der Waals surface area contributed by atoms with Gasteiger partial charge in [-0.15, -0.1) is 0 Å². The maximum atomic E-state index is 5.47. The van der Waals surface area contributed by atoms with Crippen LogP contribution in [0.3, 0.4) is 0 Å². The van der Waals surface area contributed by atoms with Gasteiger partial charge in [-0.05, 0) is 0 Å². The molecule has 0 rings (SSSR count). The van der Waals surface area contributed by atoms with Gasteiger partial charge in [-0.3, -0.25) is 0 Å². The standard InChI is InChI=1S/ClH8NSi3/c1-5-2(3)4/h5H2,3-4H3. The second-order valence-corrected chi connectivity index (χ2v) is 10.8. The molecule has 0 aromatic heterocycles. The van der Waals surface area contributed by atoms with Crippen LogP contribution in [0, 0.1) is 0 Å². The van der Waals surface area contributed by atoms with Crippen LogP contribution in [0.15, 0.2) is 0 Å². The first-order chi connectivity index (χ1) is 2.27. The van der Waals surface area contributed by atoms with Gasteiger partial charge >= 0.3 is 0 Å². The number of hydrogen-bond donors (Lipinski definition) is 0. The summed E-state index contributed by atoms with van der Waals surface area (Å²) in [5, 5.41) is 0. The Morgan fingerprint density at radius 1 is 1.60 bits per heavy atom. The Bertz CT molecular complexity index is 20.9. The van der Waals surface area contributed by atoms with E-state index in [0.29, 0.717) is 0 Å². The van der Waals surface area contributed by atoms with E-state index in [-0.39, 0.29) is 8.99 Å². The monoisotopic (exact) mass is 141 g/mol. The molecule has 5 heavy (non-hydrogen) atoms. The van der Waals surface area contributed by atoms with Crippen molar-refractivity contribution in [3.8, 4) is 0 Å². The molecule has 0 aromatic carbocycles. The van der Waals surface area contributed by atoms with Crippen LogP contribution >= 0.6 is 11.1 Å². The third-order valence-corrected chi connectivity index (χ3v) is 6.45. The molecule has 0 amide bonds. The first-order valence-electron chi connectivity index (χ1n) is 1.48. The Kier molecular flexibility index (Phi) is 3.66. The predicted molar refractivity (Wildman–Crippen MR) is 36.1 cm³/mol. The summed E-state index contributed by atoms with van der Waals surface area (Å²) in [7, 11) is 2.17. The van der Waals surface area contributed by atoms with Gasteiger partial charge in [-0.1, -0.05) is 0 Å². The number of nitrogens with zero attached hydrogens (tertiary/aromatic N) is 1. The van der Waals surface area contributed by atoms with Gasteiger partial charge in [0.1, 0.15) is 0 Å². The average molecular weight is 142 g/mol. The van der Waals surface area contributed by atoms with Crippen molar-refractivity contribution in [1.82, 2.24) is 3.90 Å². The fourth-order valence-electron chi connectivity index (χ4n) is 0. The Hall–Kier alpha value is 0.901. The second kappa shape index (κ2) is 3.10. The van der Waals surface area contributed by atoms with Crippen LogP contribution in [0.5, 0.6) is 0 Å². The van der Waals surface area contributed by atoms with Crippen LogP contribution in [0.4, 0.5) is 0 Å². The Morgan fingerprint density at radius 2 is 1.80 bits per heavy atom. The molecule has 32 valence electrons. The van der Waals surface area contributed by atoms with Crippen molar-refractivity contribution >= 4 is 40.9 Å². The van der Waals surface area contributed by atoms with E-state index in [1.54, 1.807) is 0 Å². The molecule has 0 aromatic rings. The summed E-state index contributed by atoms with van der Waals surface area (Å²) in [6, 6.07) is 0. The molecular formula is H8ClNSi3. The maximum absolute atomic E-state index is 5.47. The molecule has 0 aliphatic rings. The molecule has 0 atom stereocenters. The molecule has 5 heteroatoms. The van der Waals surface area contributed by atoms with Crippen molar-refractivity contribution in [3.05, 3.63) is 0 Å². The summed E-state index contributed by atoms with van der Waals surface area (Å²) < 4.78 is 2.31. The van der Waals surface area contributed by atoms with E-state index in [1.807, 2.05) is 0 Å². The minimum atomic E-state index is -0.222. The van der Waals surface area contributed by atoms with Crippen LogP contribution in [-0.2, 0) is 0 Å². The zero-order valence-electron chi connectivity index (χ0n) is 3.53. The van der Waals surface area contributed by atoms with Crippen LogP contribution in [0.25, 0.3) is 0 Å². The predicted octanol–water partition coefficient (Wildman–Crippen LogP) is -2.91. The molecule has 0 unspecified atom stereocenters. The molecule has 0 aliphatic heterocycles. The molecule has 0 aliphatic carbocycles. The van der Waals surface area contributed by atoms with Gasteiger partial charge in [0.25, 0.3) is 0 Å². The molecule has 0 saturated heterocycles. The lowest BCUT2D eigenvalue weighted by Gasteiger charge is -1.98. The Balaban J connectivity index is 2.54. The largest absolute Gasteiger partial charge is 0.376 e. The third-order valence-electron chi connectivity index (χ3n) is 0.239. The van der Waals surface area contributed by atoms with Crippen molar-refractivity contribution in [2.75, 3.05) is 0 Å². The quantitative estimate of drug-likeness (QED) is 0.280. The second-order valence-electron chi connectivity index (χ2n) is 1.20. The summed E-state index contributed by atoms with van der Waals surface area (Å²) in [5.74, 6) is 0. The molecule has 0 fully saturated rings. The van der Waals surface area contributed by atoms with Crippen LogP contribution in [-0.4, -0.2) is 33.7 Å². The molecular weight excluding hydrogens is 134 g/mol. The molecule has 0 N–H and O–H groups in total. The van der Waals surface area contributed by atoms with E-state index in [0.717, 1.165) is 0 Å². The van der Waals surface area contributed by atoms with Gasteiger partial charge in [-0.2, -0.15) is 11.1 Å². The number of hydrogen-bond acceptors (Lipinski definition) is 1. The van der Waals surface area contributed by atoms with Crippen LogP contribution in [0.1, 0.15) is 0 Å². The molecule has 1 nitrogen and oxygen atoms in total. The van der Waals surface area contributed by atoms with Crippen molar-refractivity contribution < 1.29 is 0 Å². The summed E-state index contributed by atoms with van der Waals surface area (Å²) in [6.45, 7) is 0. The molecule has 0 spiro atoms. The van der Waals surface area contributed by atoms with Gasteiger partial charge in [0, 0.05) is 0 Å². The van der Waals surface area contributed by atoms with Crippen molar-refractivity contribution in [3.63, 3.8) is 0 Å². The fraction of sp³-hybridized carbons (Fsp3) is 0. The maximum Gasteiger partial charge on any atom is 0.184 e. The summed E-state index contributed by atoms with van der Waals surface area (Å²) in [5.41, 5.74) is 0. The fourth-order valence-corrected chi connectivity index (χ4v) is 0. The molecule has 0 radical (unpaired) electrons. The average Bonchev–Trinajstić information content (AvgIpc) is 1.38. The SMILES string of the molecule is [SiH3]N([SiH3])[SiH2]Cl. The van der Waals surface area contributed by atoms with Gasteiger partial charge in [0.15, 0.2) is 8.99 Å². The highest BCUT2D eigenvalue weighted by Gasteiger charge is 1.76. The van der Waals surface area contributed by atoms with E-state index in [2.05, 4.69) is 3.90 Å². The zero-order valence-corrected chi connectivity index (χ0v) is 9.70. The van der Waals surface area contributed by atoms with Crippen molar-refractivity contribution in [2.24, 2.45) is 0 Å². The number of halogens is 1. The van der Waals surface area contributed by atoms with Gasteiger partial charge < -0.3 is 3.90 Å². The van der Waals surface area contributed by atoms with Crippen LogP contribution < -0.4 is 0 Å². The van der Waals surface area contributed by atoms with E-state index in [9.17, 15) is 0 Å². The van der Waals surface area contributed by atoms with E-state index >= 15 is 0 Å². The van der Waals surface area contributed by atoms with E-state index in [1.165, 1.54) is 20.8 Å². The zero-order chi connectivity index (χ0) is 4.28. The van der Waals surface area contributed by atoms with Crippen molar-refractivity contribution in [2.45, 2.75) is 0 Å². The van der Waals surface area contributed by atoms with Crippen molar-refractivity contribution in [1.29, 1.82) is 0 Å². The van der Waals surface area contributed by atoms with Gasteiger partial charge in [-0.25, -0.2) is 0 Å². The Morgan fingerprint density at radius 3 is 1.80 bits per heavy atom. The van der Waals surface area contributed by atoms with E-state index in [4.69, 9.17) is 11.1 Å². The summed E-state index contributed by atoms with van der Waals surface area (Å²) in [4.78, 5) is 0. The third kappa shape index (κ3) is 4.90. The summed E-state index contributed by atoms with van der Waals surface area (Å²) in [6.07, 6.45) is 0. The van der Waals surface area contributed by atoms with Gasteiger partial charge in [0.05, 0.1) is 20.8 Å². The molecule has 0 bridgehead atoms. The number of rotatable bonds is 1. The highest BCUT2D eigenvalue weighted by atomic mass is 35.6. The van der Waals surface area contributed by atoms with Crippen LogP contribution in [0.2, 0.25) is 0 Å². The topological polar surface area (TPSA) is 3.24 Å². The minimum absolute atomic E-state index is 0.222. The van der Waals surface area contributed by atoms with E-state index < -0.39 is 0 Å². The molecule has 0 saturated carbocycles. The smallest absolute Gasteiger partial charge is 0.184 e.